The standard InChI is InChI=1S/C12H19N3O4/c1-8(11(17)19-2)15(9-3-4-9)7-10(16)14-6-5-13-12(14)18/h8-9H,3-7H2,1-2H3,(H,13,18)/t8-/m0/s1. The Labute approximate surface area is 111 Å². The van der Waals surface area contributed by atoms with Crippen molar-refractivity contribution in [2.24, 2.45) is 0 Å². The second-order valence-electron chi connectivity index (χ2n) is 4.88. The maximum atomic E-state index is 12.1. The second kappa shape index (κ2) is 5.56. The Bertz CT molecular complexity index is 394. The average molecular weight is 269 g/mol. The number of nitrogens with zero attached hydrogens (tertiary/aromatic N) is 2. The Morgan fingerprint density at radius 3 is 2.68 bits per heavy atom. The van der Waals surface area contributed by atoms with Gasteiger partial charge in [0.15, 0.2) is 0 Å². The van der Waals surface area contributed by atoms with Gasteiger partial charge in [-0.05, 0) is 19.8 Å². The molecule has 0 aromatic carbocycles. The molecule has 2 aliphatic rings. The summed E-state index contributed by atoms with van der Waals surface area (Å²) in [5.41, 5.74) is 0. The molecule has 0 bridgehead atoms. The molecule has 0 spiro atoms. The Morgan fingerprint density at radius 1 is 1.53 bits per heavy atom. The molecule has 2 fully saturated rings. The lowest BCUT2D eigenvalue weighted by atomic mass is 10.2. The van der Waals surface area contributed by atoms with E-state index in [-0.39, 0.29) is 30.5 Å². The molecular formula is C12H19N3O4. The molecule has 2 rings (SSSR count). The molecule has 7 nitrogen and oxygen atoms in total. The van der Waals surface area contributed by atoms with Crippen molar-refractivity contribution in [1.29, 1.82) is 0 Å². The van der Waals surface area contributed by atoms with E-state index in [0.717, 1.165) is 12.8 Å². The van der Waals surface area contributed by atoms with Crippen molar-refractivity contribution in [3.05, 3.63) is 0 Å². The van der Waals surface area contributed by atoms with Gasteiger partial charge < -0.3 is 10.1 Å². The summed E-state index contributed by atoms with van der Waals surface area (Å²) in [7, 11) is 1.33. The van der Waals surface area contributed by atoms with Gasteiger partial charge in [-0.25, -0.2) is 4.79 Å². The van der Waals surface area contributed by atoms with Crippen LogP contribution in [0.1, 0.15) is 19.8 Å². The highest BCUT2D eigenvalue weighted by Crippen LogP contribution is 2.28. The SMILES string of the molecule is COC(=O)[C@H](C)N(CC(=O)N1CCNC1=O)C1CC1. The number of imide groups is 1. The Kier molecular flexibility index (Phi) is 4.04. The van der Waals surface area contributed by atoms with Crippen LogP contribution < -0.4 is 5.32 Å². The molecule has 7 heteroatoms. The third-order valence-electron chi connectivity index (χ3n) is 3.53. The molecule has 0 aromatic rings. The molecule has 106 valence electrons. The van der Waals surface area contributed by atoms with Crippen LogP contribution in [0.5, 0.6) is 0 Å². The number of carbonyl (C=O) groups excluding carboxylic acids is 3. The van der Waals surface area contributed by atoms with E-state index < -0.39 is 6.04 Å². The summed E-state index contributed by atoms with van der Waals surface area (Å²) in [6.07, 6.45) is 1.95. The monoisotopic (exact) mass is 269 g/mol. The van der Waals surface area contributed by atoms with Crippen LogP contribution in [0.3, 0.4) is 0 Å². The maximum absolute atomic E-state index is 12.1. The number of esters is 1. The van der Waals surface area contributed by atoms with Crippen molar-refractivity contribution in [3.63, 3.8) is 0 Å². The van der Waals surface area contributed by atoms with E-state index in [1.165, 1.54) is 12.0 Å². The molecule has 0 aromatic heterocycles. The molecule has 1 heterocycles. The quantitative estimate of drug-likeness (QED) is 0.685. The van der Waals surface area contributed by atoms with Gasteiger partial charge in [-0.15, -0.1) is 0 Å². The van der Waals surface area contributed by atoms with E-state index in [9.17, 15) is 14.4 Å². The second-order valence-corrected chi connectivity index (χ2v) is 4.88. The third kappa shape index (κ3) is 3.04. The van der Waals surface area contributed by atoms with Gasteiger partial charge in [0.25, 0.3) is 0 Å². The van der Waals surface area contributed by atoms with Crippen molar-refractivity contribution in [2.75, 3.05) is 26.7 Å². The third-order valence-corrected chi connectivity index (χ3v) is 3.53. The lowest BCUT2D eigenvalue weighted by Crippen LogP contribution is -2.48. The smallest absolute Gasteiger partial charge is 0.324 e. The molecule has 3 amide bonds. The normalized spacial score (nSPS) is 20.4. The highest BCUT2D eigenvalue weighted by Gasteiger charge is 2.38. The van der Waals surface area contributed by atoms with Crippen molar-refractivity contribution in [1.82, 2.24) is 15.1 Å². The lowest BCUT2D eigenvalue weighted by Gasteiger charge is -2.27. The van der Waals surface area contributed by atoms with E-state index in [2.05, 4.69) is 5.32 Å². The predicted molar refractivity (Wildman–Crippen MR) is 66.3 cm³/mol. The molecule has 1 aliphatic carbocycles. The van der Waals surface area contributed by atoms with Gasteiger partial charge in [0.05, 0.1) is 13.7 Å². The van der Waals surface area contributed by atoms with Crippen LogP contribution in [0.2, 0.25) is 0 Å². The van der Waals surface area contributed by atoms with Gasteiger partial charge in [0, 0.05) is 19.1 Å². The van der Waals surface area contributed by atoms with Gasteiger partial charge in [-0.1, -0.05) is 0 Å². The summed E-state index contributed by atoms with van der Waals surface area (Å²) in [5.74, 6) is -0.622. The number of methoxy groups -OCH3 is 1. The van der Waals surface area contributed by atoms with Gasteiger partial charge in [-0.2, -0.15) is 0 Å². The number of rotatable bonds is 5. The van der Waals surface area contributed by atoms with Crippen LogP contribution in [0.4, 0.5) is 4.79 Å². The predicted octanol–water partition coefficient (Wildman–Crippen LogP) is -0.436. The largest absolute Gasteiger partial charge is 0.468 e. The Hall–Kier alpha value is -1.63. The number of hydrogen-bond acceptors (Lipinski definition) is 5. The number of carbonyl (C=O) groups is 3. The van der Waals surface area contributed by atoms with Crippen LogP contribution in [0.25, 0.3) is 0 Å². The zero-order valence-electron chi connectivity index (χ0n) is 11.2. The Morgan fingerprint density at radius 2 is 2.21 bits per heavy atom. The number of nitrogens with one attached hydrogen (secondary N) is 1. The van der Waals surface area contributed by atoms with E-state index in [4.69, 9.17) is 4.74 Å². The molecule has 1 saturated heterocycles. The molecule has 0 unspecified atom stereocenters. The molecule has 1 saturated carbocycles. The Balaban J connectivity index is 1.98. The average Bonchev–Trinajstić information content (AvgIpc) is 3.15. The zero-order valence-corrected chi connectivity index (χ0v) is 11.2. The van der Waals surface area contributed by atoms with Crippen LogP contribution in [0.15, 0.2) is 0 Å². The summed E-state index contributed by atoms with van der Waals surface area (Å²) < 4.78 is 4.71. The zero-order chi connectivity index (χ0) is 14.0. The van der Waals surface area contributed by atoms with Crippen molar-refractivity contribution in [3.8, 4) is 0 Å². The first-order valence-corrected chi connectivity index (χ1v) is 6.46. The minimum Gasteiger partial charge on any atom is -0.468 e. The van der Waals surface area contributed by atoms with Crippen LogP contribution in [0, 0.1) is 0 Å². The molecule has 1 atom stereocenters. The molecule has 0 radical (unpaired) electrons. The van der Waals surface area contributed by atoms with E-state index in [1.54, 1.807) is 6.92 Å². The minimum absolute atomic E-state index is 0.0777. The van der Waals surface area contributed by atoms with E-state index >= 15 is 0 Å². The summed E-state index contributed by atoms with van der Waals surface area (Å²) in [6.45, 7) is 2.68. The van der Waals surface area contributed by atoms with Crippen molar-refractivity contribution >= 4 is 17.9 Å². The fourth-order valence-corrected chi connectivity index (χ4v) is 2.25. The summed E-state index contributed by atoms with van der Waals surface area (Å²) in [6, 6.07) is -0.581. The fourth-order valence-electron chi connectivity index (χ4n) is 2.25. The number of amides is 3. The minimum atomic E-state index is -0.466. The highest BCUT2D eigenvalue weighted by atomic mass is 16.5. The van der Waals surface area contributed by atoms with Gasteiger partial charge in [0.1, 0.15) is 6.04 Å². The number of ether oxygens (including phenoxy) is 1. The summed E-state index contributed by atoms with van der Waals surface area (Å²) in [4.78, 5) is 38.1. The number of hydrogen-bond donors (Lipinski definition) is 1. The fraction of sp³-hybridized carbons (Fsp3) is 0.750. The van der Waals surface area contributed by atoms with Crippen LogP contribution in [-0.2, 0) is 14.3 Å². The van der Waals surface area contributed by atoms with Crippen molar-refractivity contribution in [2.45, 2.75) is 31.8 Å². The summed E-state index contributed by atoms with van der Waals surface area (Å²) >= 11 is 0. The van der Waals surface area contributed by atoms with E-state index in [1.807, 2.05) is 4.90 Å². The van der Waals surface area contributed by atoms with Crippen molar-refractivity contribution < 1.29 is 19.1 Å². The number of urea groups is 1. The van der Waals surface area contributed by atoms with Gasteiger partial charge in [0.2, 0.25) is 5.91 Å². The first kappa shape index (κ1) is 13.8. The molecule has 1 aliphatic heterocycles. The van der Waals surface area contributed by atoms with Gasteiger partial charge >= 0.3 is 12.0 Å². The lowest BCUT2D eigenvalue weighted by molar-refractivity contribution is -0.147. The summed E-state index contributed by atoms with van der Waals surface area (Å²) in [5, 5.41) is 2.59. The van der Waals surface area contributed by atoms with Crippen LogP contribution >= 0.6 is 0 Å². The first-order valence-electron chi connectivity index (χ1n) is 6.46. The van der Waals surface area contributed by atoms with E-state index in [0.29, 0.717) is 13.1 Å². The highest BCUT2D eigenvalue weighted by molar-refractivity contribution is 5.96. The topological polar surface area (TPSA) is 79.0 Å². The first-order chi connectivity index (χ1) is 9.04. The molecular weight excluding hydrogens is 250 g/mol. The van der Waals surface area contributed by atoms with Gasteiger partial charge in [-0.3, -0.25) is 19.4 Å². The molecule has 1 N–H and O–H groups in total. The van der Waals surface area contributed by atoms with Crippen LogP contribution in [-0.4, -0.2) is 66.5 Å². The molecule has 19 heavy (non-hydrogen) atoms. The maximum Gasteiger partial charge on any atom is 0.324 e.